The molecule has 0 bridgehead atoms. The van der Waals surface area contributed by atoms with Crippen molar-refractivity contribution in [3.8, 4) is 5.75 Å². The van der Waals surface area contributed by atoms with E-state index in [4.69, 9.17) is 5.32 Å². The molecule has 1 aliphatic carbocycles. The van der Waals surface area contributed by atoms with Crippen LogP contribution in [0.25, 0.3) is 11.0 Å². The first kappa shape index (κ1) is 25.9. The van der Waals surface area contributed by atoms with E-state index in [-0.39, 0.29) is 87.5 Å². The van der Waals surface area contributed by atoms with E-state index in [1.807, 2.05) is 19.1 Å². The third-order valence-electron chi connectivity index (χ3n) is 5.97. The number of likely N-dealkylation sites (tertiary alicyclic amines) is 1. The van der Waals surface area contributed by atoms with Crippen LogP contribution in [0.4, 0.5) is 4.39 Å². The minimum absolute atomic E-state index is 0. The summed E-state index contributed by atoms with van der Waals surface area (Å²) in [6.07, 6.45) is 1.84. The zero-order valence-electron chi connectivity index (χ0n) is 18.8. The minimum Gasteiger partial charge on any atom is -0.766 e. The summed E-state index contributed by atoms with van der Waals surface area (Å²) in [5, 5.41) is 14.5. The number of carbonyl (C=O) groups excluding carboxylic acids is 1. The molecule has 2 aliphatic rings. The Hall–Kier alpha value is -1.31. The van der Waals surface area contributed by atoms with Crippen LogP contribution in [-0.2, 0) is 0 Å². The third kappa shape index (κ3) is 5.20. The molecule has 1 N–H and O–H groups in total. The molecule has 2 aromatic carbocycles. The van der Waals surface area contributed by atoms with Gasteiger partial charge in [-0.1, -0.05) is 49.6 Å². The number of rotatable bonds is 4. The van der Waals surface area contributed by atoms with E-state index in [2.05, 4.69) is 26.0 Å². The van der Waals surface area contributed by atoms with Gasteiger partial charge in [0.05, 0.1) is 5.56 Å². The Morgan fingerprint density at radius 2 is 1.84 bits per heavy atom. The molecule has 1 spiro atoms. The van der Waals surface area contributed by atoms with E-state index in [1.165, 1.54) is 17.7 Å². The molecule has 0 aromatic heterocycles. The molecule has 1 saturated heterocycles. The Morgan fingerprint density at radius 3 is 2.45 bits per heavy atom. The maximum absolute atomic E-state index is 13.9. The molecule has 4 nitrogen and oxygen atoms in total. The number of carbonyl (C=O) groups is 1. The minimum atomic E-state index is -0.603. The maximum Gasteiger partial charge on any atom is 1.00 e. The molecular weight excluding hydrogens is 418 g/mol. The van der Waals surface area contributed by atoms with Gasteiger partial charge in [-0.25, -0.2) is 16.9 Å². The Morgan fingerprint density at radius 1 is 1.19 bits per heavy atom. The van der Waals surface area contributed by atoms with Gasteiger partial charge in [0.1, 0.15) is 11.6 Å². The van der Waals surface area contributed by atoms with Crippen molar-refractivity contribution >= 4 is 11.6 Å². The van der Waals surface area contributed by atoms with Crippen molar-refractivity contribution in [1.29, 1.82) is 0 Å². The molecular formula is C25H28FKN2O2-2. The zero-order valence-corrected chi connectivity index (χ0v) is 21.9. The van der Waals surface area contributed by atoms with Crippen LogP contribution in [0, 0.1) is 32.5 Å². The molecule has 2 fully saturated rings. The normalized spacial score (nSPS) is 17.5. The van der Waals surface area contributed by atoms with E-state index < -0.39 is 5.82 Å². The van der Waals surface area contributed by atoms with Crippen molar-refractivity contribution in [3.63, 3.8) is 0 Å². The number of benzene rings is 2. The number of aromatic hydroxyl groups is 1. The van der Waals surface area contributed by atoms with Crippen LogP contribution in [0.3, 0.4) is 0 Å². The van der Waals surface area contributed by atoms with E-state index in [0.717, 1.165) is 35.7 Å². The molecule has 1 saturated carbocycles. The van der Waals surface area contributed by atoms with E-state index in [0.29, 0.717) is 13.1 Å². The van der Waals surface area contributed by atoms with Gasteiger partial charge in [0.25, 0.3) is 5.91 Å². The van der Waals surface area contributed by atoms with Crippen LogP contribution in [0.1, 0.15) is 41.3 Å². The van der Waals surface area contributed by atoms with Crippen LogP contribution >= 0.6 is 0 Å². The number of allylic oxidation sites excluding steroid dienone is 1. The van der Waals surface area contributed by atoms with Crippen molar-refractivity contribution in [2.75, 3.05) is 13.1 Å². The number of aryl methyl sites for hydroxylation is 1. The summed E-state index contributed by atoms with van der Waals surface area (Å²) in [4.78, 5) is 14.2. The van der Waals surface area contributed by atoms with Crippen LogP contribution in [0.15, 0.2) is 48.0 Å². The quantitative estimate of drug-likeness (QED) is 0.580. The summed E-state index contributed by atoms with van der Waals surface area (Å²) in [5.74, 6) is -1.07. The molecule has 0 atom stereocenters. The zero-order chi connectivity index (χ0) is 20.8. The summed E-state index contributed by atoms with van der Waals surface area (Å²) in [7, 11) is 0. The fourth-order valence-corrected chi connectivity index (χ4v) is 4.47. The first-order valence-electron chi connectivity index (χ1n) is 9.85. The van der Waals surface area contributed by atoms with Crippen LogP contribution < -0.4 is 51.4 Å². The number of phenolic OH excluding ortho intramolecular Hbond substituents is 1. The Labute approximate surface area is 227 Å². The van der Waals surface area contributed by atoms with Gasteiger partial charge in [0, 0.05) is 18.5 Å². The van der Waals surface area contributed by atoms with E-state index >= 15 is 0 Å². The van der Waals surface area contributed by atoms with Crippen molar-refractivity contribution in [1.82, 2.24) is 4.90 Å². The number of hydrogen-bond donors (Lipinski definition) is 1. The summed E-state index contributed by atoms with van der Waals surface area (Å²) < 4.78 is 13.9. The SMILES string of the molecule is [CH2-]/C(C)=C(\[N-]C1CC2(C1)CN(C(=O)c1cc(O)ccc1F)C2)c1ccccc1C.[CH3-].[K+]. The van der Waals surface area contributed by atoms with Gasteiger partial charge in [-0.05, 0) is 25.1 Å². The van der Waals surface area contributed by atoms with Gasteiger partial charge in [0.2, 0.25) is 0 Å². The number of halogens is 1. The second kappa shape index (κ2) is 10.1. The molecule has 0 unspecified atom stereocenters. The van der Waals surface area contributed by atoms with Crippen LogP contribution in [-0.4, -0.2) is 35.0 Å². The number of hydrogen-bond acceptors (Lipinski definition) is 2. The summed E-state index contributed by atoms with van der Waals surface area (Å²) >= 11 is 0. The first-order valence-corrected chi connectivity index (χ1v) is 9.85. The number of phenols is 1. The molecule has 4 rings (SSSR count). The first-order chi connectivity index (χ1) is 13.8. The predicted octanol–water partition coefficient (Wildman–Crippen LogP) is 2.54. The van der Waals surface area contributed by atoms with Gasteiger partial charge < -0.3 is 22.7 Å². The summed E-state index contributed by atoms with van der Waals surface area (Å²) in [5.41, 5.74) is 4.21. The molecule has 31 heavy (non-hydrogen) atoms. The van der Waals surface area contributed by atoms with Crippen molar-refractivity contribution in [3.05, 3.63) is 90.2 Å². The predicted molar refractivity (Wildman–Crippen MR) is 118 cm³/mol. The van der Waals surface area contributed by atoms with Gasteiger partial charge in [-0.2, -0.15) is 0 Å². The molecule has 1 amide bonds. The average molecular weight is 447 g/mol. The standard InChI is InChI=1S/C24H25FN2O2.CH3.K/c1-15(2)22(19-7-5-4-6-16(19)3)26-17-11-24(12-17)13-27(14-24)23(29)20-10-18(28)8-9-21(20)25;;/h4-10,17,28H,1,11-14H2,2-3H3;1H3;/q-2;-1;+1/b22-15+;;. The third-order valence-corrected chi connectivity index (χ3v) is 5.97. The van der Waals surface area contributed by atoms with Crippen LogP contribution in [0.2, 0.25) is 0 Å². The molecule has 0 radical (unpaired) electrons. The smallest absolute Gasteiger partial charge is 0.766 e. The topological polar surface area (TPSA) is 54.6 Å². The maximum atomic E-state index is 13.9. The molecule has 6 heteroatoms. The van der Waals surface area contributed by atoms with Gasteiger partial charge >= 0.3 is 51.4 Å². The summed E-state index contributed by atoms with van der Waals surface area (Å²) in [6, 6.07) is 12.0. The van der Waals surface area contributed by atoms with E-state index in [9.17, 15) is 14.3 Å². The van der Waals surface area contributed by atoms with Gasteiger partial charge in [-0.15, -0.1) is 11.6 Å². The van der Waals surface area contributed by atoms with Crippen LogP contribution in [0.5, 0.6) is 5.75 Å². The fourth-order valence-electron chi connectivity index (χ4n) is 4.47. The largest absolute Gasteiger partial charge is 1.00 e. The Kier molecular flexibility index (Phi) is 8.44. The summed E-state index contributed by atoms with van der Waals surface area (Å²) in [6.45, 7) is 9.38. The van der Waals surface area contributed by atoms with Gasteiger partial charge in [-0.3, -0.25) is 10.5 Å². The molecule has 1 heterocycles. The second-order valence-corrected chi connectivity index (χ2v) is 8.46. The second-order valence-electron chi connectivity index (χ2n) is 8.46. The fraction of sp³-hybridized carbons (Fsp3) is 0.320. The molecule has 1 aliphatic heterocycles. The van der Waals surface area contributed by atoms with Crippen molar-refractivity contribution < 1.29 is 65.7 Å². The van der Waals surface area contributed by atoms with Crippen molar-refractivity contribution in [2.45, 2.75) is 32.7 Å². The van der Waals surface area contributed by atoms with Crippen molar-refractivity contribution in [2.24, 2.45) is 5.41 Å². The number of nitrogens with zero attached hydrogens (tertiary/aromatic N) is 2. The van der Waals surface area contributed by atoms with Gasteiger partial charge in [0.15, 0.2) is 0 Å². The van der Waals surface area contributed by atoms with E-state index in [1.54, 1.807) is 4.90 Å². The Balaban J connectivity index is 0.00000171. The number of amides is 1. The Bertz CT molecular complexity index is 987. The monoisotopic (exact) mass is 446 g/mol. The molecule has 160 valence electrons. The average Bonchev–Trinajstić information content (AvgIpc) is 2.61. The molecule has 2 aromatic rings.